The molecule has 7 aliphatic carbocycles. The summed E-state index contributed by atoms with van der Waals surface area (Å²) in [5.41, 5.74) is 4.12. The van der Waals surface area contributed by atoms with Gasteiger partial charge in [0, 0.05) is 0 Å². The van der Waals surface area contributed by atoms with E-state index in [1.54, 1.807) is 0 Å². The van der Waals surface area contributed by atoms with Crippen molar-refractivity contribution in [3.05, 3.63) is 0 Å². The van der Waals surface area contributed by atoms with E-state index in [1.165, 1.54) is 199 Å². The number of rotatable bonds is 18. The third kappa shape index (κ3) is 107. The molecule has 0 aliphatic heterocycles. The zero-order chi connectivity index (χ0) is 71.8. The van der Waals surface area contributed by atoms with Crippen molar-refractivity contribution in [3.63, 3.8) is 0 Å². The van der Waals surface area contributed by atoms with E-state index in [9.17, 15) is 0 Å². The van der Waals surface area contributed by atoms with Gasteiger partial charge < -0.3 is 0 Å². The largest absolute Gasteiger partial charge is 0.0654 e. The van der Waals surface area contributed by atoms with Crippen LogP contribution in [0.4, 0.5) is 0 Å². The van der Waals surface area contributed by atoms with Gasteiger partial charge in [0.2, 0.25) is 0 Å². The summed E-state index contributed by atoms with van der Waals surface area (Å²) in [5.74, 6) is 11.7. The molecule has 7 saturated carbocycles. The Bertz CT molecular complexity index is 1200. The molecular weight excluding hydrogens is 1070 g/mol. The minimum atomic E-state index is 0.542. The first-order valence-corrected chi connectivity index (χ1v) is 40.8. The van der Waals surface area contributed by atoms with Crippen molar-refractivity contribution >= 4 is 0 Å². The molecule has 550 valence electrons. The molecule has 1 unspecified atom stereocenters. The maximum absolute atomic E-state index is 2.35. The first-order valence-electron chi connectivity index (χ1n) is 40.8. The molecule has 7 fully saturated rings. The lowest BCUT2D eigenvalue weighted by Crippen LogP contribution is -2.00. The zero-order valence-corrected chi connectivity index (χ0v) is 71.8. The van der Waals surface area contributed by atoms with E-state index in [0.29, 0.717) is 16.2 Å². The van der Waals surface area contributed by atoms with Crippen molar-refractivity contribution in [1.82, 2.24) is 0 Å². The van der Waals surface area contributed by atoms with Gasteiger partial charge in [-0.2, -0.15) is 0 Å². The molecule has 0 N–H and O–H groups in total. The summed E-state index contributed by atoms with van der Waals surface area (Å²) < 4.78 is 0. The van der Waals surface area contributed by atoms with E-state index in [-0.39, 0.29) is 0 Å². The second-order valence-electron chi connectivity index (χ2n) is 36.5. The van der Waals surface area contributed by atoms with Gasteiger partial charge in [0.1, 0.15) is 0 Å². The minimum absolute atomic E-state index is 0.542. The van der Waals surface area contributed by atoms with Crippen molar-refractivity contribution in [3.8, 4) is 0 Å². The highest BCUT2D eigenvalue weighted by Gasteiger charge is 2.41. The fourth-order valence-corrected chi connectivity index (χ4v) is 6.89. The maximum atomic E-state index is 2.35. The Morgan fingerprint density at radius 2 is 0.685 bits per heavy atom. The van der Waals surface area contributed by atoms with E-state index in [4.69, 9.17) is 0 Å². The summed E-state index contributed by atoms with van der Waals surface area (Å²) in [6, 6.07) is 0. The molecule has 0 radical (unpaired) electrons. The molecule has 89 heavy (non-hydrogen) atoms. The van der Waals surface area contributed by atoms with Crippen LogP contribution < -0.4 is 0 Å². The summed E-state index contributed by atoms with van der Waals surface area (Å²) in [6.45, 7) is 90.5. The van der Waals surface area contributed by atoms with Crippen LogP contribution in [0.2, 0.25) is 0 Å². The molecule has 7 aliphatic rings. The van der Waals surface area contributed by atoms with Gasteiger partial charge in [-0.3, -0.25) is 0 Å². The Morgan fingerprint density at radius 1 is 0.416 bits per heavy atom. The number of unbranched alkanes of at least 4 members (excludes halogenated alkanes) is 3. The molecule has 7 rings (SSSR count). The Balaban J connectivity index is -0.000000132. The molecule has 0 amide bonds. The SMILES string of the molecule is CC(C)C(C)C.CC(C)C1CC1.CC1(C)CC1.CCC(C)(C)C.CCC(C)(C)C.CCC(C)CC.CCC(C)CC.CCC1(C)CC1.CCC1(C)CC1.CCC1C[C@@H]1C.CCCC(C)C.CCCC(C)C.CCCC1CC1.CCCCCC.C[C@H]1CC1(C)C. The summed E-state index contributed by atoms with van der Waals surface area (Å²) in [6.07, 6.45) is 43.6. The van der Waals surface area contributed by atoms with Gasteiger partial charge in [-0.05, 0) is 168 Å². The lowest BCUT2D eigenvalue weighted by molar-refractivity contribution is 0.397. The summed E-state index contributed by atoms with van der Waals surface area (Å²) in [4.78, 5) is 0. The van der Waals surface area contributed by atoms with Crippen molar-refractivity contribution in [2.75, 3.05) is 0 Å². The third-order valence-corrected chi connectivity index (χ3v) is 20.9. The topological polar surface area (TPSA) is 0 Å². The van der Waals surface area contributed by atoms with Crippen LogP contribution in [0.15, 0.2) is 0 Å². The van der Waals surface area contributed by atoms with Gasteiger partial charge in [-0.15, -0.1) is 0 Å². The van der Waals surface area contributed by atoms with E-state index in [2.05, 4.69) is 277 Å². The average Bonchev–Trinajstić information content (AvgIpc) is 3.42. The smallest absolute Gasteiger partial charge is 0.0326 e. The van der Waals surface area contributed by atoms with Crippen LogP contribution in [-0.2, 0) is 0 Å². The van der Waals surface area contributed by atoms with E-state index in [1.807, 2.05) is 0 Å². The second kappa shape index (κ2) is 62.8. The van der Waals surface area contributed by atoms with Crippen LogP contribution in [-0.4, -0.2) is 0 Å². The molecule has 0 saturated heterocycles. The molecule has 0 aromatic carbocycles. The quantitative estimate of drug-likeness (QED) is 0.120. The van der Waals surface area contributed by atoms with Crippen molar-refractivity contribution in [1.29, 1.82) is 0 Å². The molecule has 0 heteroatoms. The Hall–Kier alpha value is 0. The first kappa shape index (κ1) is 105. The predicted molar refractivity (Wildman–Crippen MR) is 427 cm³/mol. The fraction of sp³-hybridized carbons (Fsp3) is 1.00. The van der Waals surface area contributed by atoms with Crippen LogP contribution in [0.5, 0.6) is 0 Å². The highest BCUT2D eigenvalue weighted by Crippen LogP contribution is 2.51. The van der Waals surface area contributed by atoms with E-state index >= 15 is 0 Å². The molecule has 0 spiro atoms. The summed E-state index contributed by atoms with van der Waals surface area (Å²) >= 11 is 0. The predicted octanol–water partition coefficient (Wildman–Crippen LogP) is 34.1. The van der Waals surface area contributed by atoms with Gasteiger partial charge in [0.15, 0.2) is 0 Å². The standard InChI is InChI=1S/6C6H12.8C6H14.C5H10/c1-5-4-6(5,2)3;1-5(2)6-3-4-6;2*1-3-6(2)4-5-6;1-3-6-4-5(6)2;1-2-3-6-4-5-6;2*1-5-6(2,3)4;1-5(2)6(3)4;2*1-4-5-6(2)3;2*1-4-6(3)5-2;1-3-5-6-4-2;1-5(2)3-4-5/h5H,4H2,1-3H3;5-6H,3-4H2,1-2H3;2*3-5H2,1-2H3;5-6H,3-4H2,1-2H3;6H,2-5H2,1H3;2*5H2,1-4H3;5-6H,1-4H3;4*6H,4-5H2,1-3H3;3-6H2,1-2H3;3-4H2,1-2H3/t5-;;;;5-,6?;;;;;;;;;;/m0...0........../s1. The molecular formula is C89H194. The summed E-state index contributed by atoms with van der Waals surface area (Å²) in [5, 5.41) is 0. The van der Waals surface area contributed by atoms with Gasteiger partial charge in [-0.25, -0.2) is 0 Å². The Kier molecular flexibility index (Phi) is 74.1. The highest BCUT2D eigenvalue weighted by atomic mass is 14.5. The lowest BCUT2D eigenvalue weighted by Gasteiger charge is -2.12. The lowest BCUT2D eigenvalue weighted by atomic mass is 9.94. The van der Waals surface area contributed by atoms with Crippen LogP contribution in [0.3, 0.4) is 0 Å². The molecule has 0 aromatic heterocycles. The molecule has 0 nitrogen and oxygen atoms in total. The molecule has 0 aromatic rings. The average molecular weight is 1260 g/mol. The minimum Gasteiger partial charge on any atom is -0.0654 e. The fourth-order valence-electron chi connectivity index (χ4n) is 6.89. The second-order valence-corrected chi connectivity index (χ2v) is 36.5. The van der Waals surface area contributed by atoms with Gasteiger partial charge >= 0.3 is 0 Å². The zero-order valence-electron chi connectivity index (χ0n) is 71.8. The summed E-state index contributed by atoms with van der Waals surface area (Å²) in [7, 11) is 0. The normalized spacial score (nSPS) is 19.5. The van der Waals surface area contributed by atoms with Crippen molar-refractivity contribution in [2.45, 2.75) is 476 Å². The monoisotopic (exact) mass is 1260 g/mol. The Labute approximate surface area is 576 Å². The van der Waals surface area contributed by atoms with E-state index < -0.39 is 0 Å². The van der Waals surface area contributed by atoms with Crippen molar-refractivity contribution < 1.29 is 0 Å². The Morgan fingerprint density at radius 3 is 0.708 bits per heavy atom. The van der Waals surface area contributed by atoms with Gasteiger partial charge in [-0.1, -0.05) is 412 Å². The van der Waals surface area contributed by atoms with Gasteiger partial charge in [0.05, 0.1) is 0 Å². The molecule has 0 heterocycles. The van der Waals surface area contributed by atoms with E-state index in [0.717, 1.165) is 87.3 Å². The molecule has 0 bridgehead atoms. The molecule has 3 atom stereocenters. The number of hydrogen-bond acceptors (Lipinski definition) is 0. The highest BCUT2D eigenvalue weighted by molar-refractivity contribution is 4.91. The number of hydrogen-bond donors (Lipinski definition) is 0. The van der Waals surface area contributed by atoms with Crippen LogP contribution >= 0.6 is 0 Å². The van der Waals surface area contributed by atoms with Crippen LogP contribution in [0, 0.1) is 104 Å². The maximum Gasteiger partial charge on any atom is -0.0326 e. The van der Waals surface area contributed by atoms with Crippen LogP contribution in [0.25, 0.3) is 0 Å². The van der Waals surface area contributed by atoms with Gasteiger partial charge in [0.25, 0.3) is 0 Å². The third-order valence-electron chi connectivity index (χ3n) is 20.9. The van der Waals surface area contributed by atoms with Crippen LogP contribution in [0.1, 0.15) is 476 Å². The first-order chi connectivity index (χ1) is 40.8. The van der Waals surface area contributed by atoms with Crippen molar-refractivity contribution in [2.24, 2.45) is 104 Å².